The highest BCUT2D eigenvalue weighted by Crippen LogP contribution is 2.29. The van der Waals surface area contributed by atoms with Gasteiger partial charge in [0.15, 0.2) is 5.82 Å². The Morgan fingerprint density at radius 2 is 1.77 bits per heavy atom. The number of rotatable bonds is 9. The Labute approximate surface area is 179 Å². The molecule has 1 aromatic heterocycles. The van der Waals surface area contributed by atoms with Gasteiger partial charge in [-0.3, -0.25) is 14.3 Å². The number of methoxy groups -OCH3 is 1. The molecule has 0 bridgehead atoms. The lowest BCUT2D eigenvalue weighted by Gasteiger charge is -2.16. The monoisotopic (exact) mass is 424 g/mol. The topological polar surface area (TPSA) is 118 Å². The number of hydrogen-bond acceptors (Lipinski definition) is 6. The van der Waals surface area contributed by atoms with Crippen LogP contribution in [0.2, 0.25) is 0 Å². The lowest BCUT2D eigenvalue weighted by Crippen LogP contribution is -2.18. The molecule has 1 heterocycles. The van der Waals surface area contributed by atoms with Crippen LogP contribution in [0, 0.1) is 0 Å². The minimum absolute atomic E-state index is 0.234. The van der Waals surface area contributed by atoms with Gasteiger partial charge in [-0.1, -0.05) is 0 Å². The quantitative estimate of drug-likeness (QED) is 0.545. The molecular formula is C22H24N4O5. The van der Waals surface area contributed by atoms with Gasteiger partial charge in [-0.25, -0.2) is 0 Å². The lowest BCUT2D eigenvalue weighted by atomic mass is 10.1. The first-order valence-corrected chi connectivity index (χ1v) is 9.53. The number of nitrogens with two attached hydrogens (primary N) is 1. The molecule has 0 saturated heterocycles. The van der Waals surface area contributed by atoms with E-state index in [4.69, 9.17) is 19.9 Å². The fraction of sp³-hybridized carbons (Fsp3) is 0.227. The van der Waals surface area contributed by atoms with Crippen LogP contribution >= 0.6 is 0 Å². The van der Waals surface area contributed by atoms with E-state index in [-0.39, 0.29) is 12.0 Å². The van der Waals surface area contributed by atoms with Gasteiger partial charge in [0, 0.05) is 43.6 Å². The number of carbonyl (C=O) groups is 2. The minimum atomic E-state index is -0.525. The Hall–Kier alpha value is -3.85. The van der Waals surface area contributed by atoms with Crippen molar-refractivity contribution in [1.29, 1.82) is 0 Å². The van der Waals surface area contributed by atoms with Gasteiger partial charge in [0.25, 0.3) is 5.91 Å². The number of aryl methyl sites for hydroxylation is 1. The zero-order valence-corrected chi connectivity index (χ0v) is 17.5. The largest absolute Gasteiger partial charge is 0.488 e. The van der Waals surface area contributed by atoms with Gasteiger partial charge < -0.3 is 25.3 Å². The Kier molecular flexibility index (Phi) is 6.88. The first-order chi connectivity index (χ1) is 14.8. The summed E-state index contributed by atoms with van der Waals surface area (Å²) in [6.45, 7) is 2.24. The smallest absolute Gasteiger partial charge is 0.257 e. The van der Waals surface area contributed by atoms with Gasteiger partial charge >= 0.3 is 0 Å². The standard InChI is InChI=1S/C22H24N4O5/c1-14(13-29-3)30-18-10-16(22(28)24-20-8-9-26(2)25-20)11-19(12-18)31-17-6-4-15(5-7-17)21(23)27/h4-12,14H,13H2,1-3H3,(H2,23,27)(H,24,25,28). The van der Waals surface area contributed by atoms with Gasteiger partial charge in [0.1, 0.15) is 23.4 Å². The Morgan fingerprint density at radius 1 is 1.06 bits per heavy atom. The number of anilines is 1. The zero-order chi connectivity index (χ0) is 22.4. The second-order valence-corrected chi connectivity index (χ2v) is 6.90. The van der Waals surface area contributed by atoms with Crippen LogP contribution in [-0.2, 0) is 11.8 Å². The molecule has 1 atom stereocenters. The highest BCUT2D eigenvalue weighted by Gasteiger charge is 2.14. The van der Waals surface area contributed by atoms with E-state index in [0.717, 1.165) is 0 Å². The van der Waals surface area contributed by atoms with Crippen LogP contribution in [-0.4, -0.2) is 41.4 Å². The summed E-state index contributed by atoms with van der Waals surface area (Å²) in [5, 5.41) is 6.89. The van der Waals surface area contributed by atoms with E-state index >= 15 is 0 Å². The van der Waals surface area contributed by atoms with E-state index in [1.807, 2.05) is 6.92 Å². The predicted octanol–water partition coefficient (Wildman–Crippen LogP) is 2.98. The fourth-order valence-electron chi connectivity index (χ4n) is 2.82. The van der Waals surface area contributed by atoms with Crippen LogP contribution in [0.4, 0.5) is 5.82 Å². The molecule has 31 heavy (non-hydrogen) atoms. The van der Waals surface area contributed by atoms with Crippen molar-refractivity contribution in [2.45, 2.75) is 13.0 Å². The number of benzene rings is 2. The molecule has 3 rings (SSSR count). The predicted molar refractivity (Wildman–Crippen MR) is 115 cm³/mol. The number of carbonyl (C=O) groups excluding carboxylic acids is 2. The summed E-state index contributed by atoms with van der Waals surface area (Å²) in [5.41, 5.74) is 5.97. The van der Waals surface area contributed by atoms with E-state index in [9.17, 15) is 9.59 Å². The molecule has 0 aliphatic carbocycles. The molecule has 9 nitrogen and oxygen atoms in total. The summed E-state index contributed by atoms with van der Waals surface area (Å²) >= 11 is 0. The molecule has 3 N–H and O–H groups in total. The van der Waals surface area contributed by atoms with Crippen molar-refractivity contribution in [1.82, 2.24) is 9.78 Å². The summed E-state index contributed by atoms with van der Waals surface area (Å²) in [5.74, 6) is 0.848. The molecule has 1 unspecified atom stereocenters. The molecule has 0 radical (unpaired) electrons. The van der Waals surface area contributed by atoms with Crippen LogP contribution < -0.4 is 20.5 Å². The maximum Gasteiger partial charge on any atom is 0.257 e. The van der Waals surface area contributed by atoms with Gasteiger partial charge in [0.05, 0.1) is 6.61 Å². The first-order valence-electron chi connectivity index (χ1n) is 9.53. The van der Waals surface area contributed by atoms with Crippen LogP contribution in [0.3, 0.4) is 0 Å². The van der Waals surface area contributed by atoms with E-state index in [0.29, 0.717) is 40.8 Å². The number of primary amides is 1. The minimum Gasteiger partial charge on any atom is -0.488 e. The lowest BCUT2D eigenvalue weighted by molar-refractivity contribution is 0.0915. The Morgan fingerprint density at radius 3 is 2.39 bits per heavy atom. The van der Waals surface area contributed by atoms with Crippen molar-refractivity contribution >= 4 is 17.6 Å². The SMILES string of the molecule is COCC(C)Oc1cc(Oc2ccc(C(N)=O)cc2)cc(C(=O)Nc2ccn(C)n2)c1. The molecule has 0 spiro atoms. The number of nitrogens with zero attached hydrogens (tertiary/aromatic N) is 2. The summed E-state index contributed by atoms with van der Waals surface area (Å²) in [6, 6.07) is 12.9. The van der Waals surface area contributed by atoms with Gasteiger partial charge in [0.2, 0.25) is 5.91 Å². The van der Waals surface area contributed by atoms with Crippen LogP contribution in [0.25, 0.3) is 0 Å². The van der Waals surface area contributed by atoms with Gasteiger partial charge in [-0.15, -0.1) is 0 Å². The Balaban J connectivity index is 1.86. The molecule has 0 fully saturated rings. The average molecular weight is 424 g/mol. The normalized spacial score (nSPS) is 11.6. The number of amides is 2. The number of aromatic nitrogens is 2. The number of hydrogen-bond donors (Lipinski definition) is 2. The third kappa shape index (κ3) is 6.06. The summed E-state index contributed by atoms with van der Waals surface area (Å²) in [4.78, 5) is 24.0. The van der Waals surface area contributed by atoms with E-state index in [1.165, 1.54) is 0 Å². The molecule has 162 valence electrons. The van der Waals surface area contributed by atoms with Crippen LogP contribution in [0.1, 0.15) is 27.6 Å². The van der Waals surface area contributed by atoms with E-state index < -0.39 is 5.91 Å². The summed E-state index contributed by atoms with van der Waals surface area (Å²) < 4.78 is 18.4. The van der Waals surface area contributed by atoms with Crippen molar-refractivity contribution in [3.63, 3.8) is 0 Å². The zero-order valence-electron chi connectivity index (χ0n) is 17.5. The van der Waals surface area contributed by atoms with E-state index in [1.54, 1.807) is 73.6 Å². The summed E-state index contributed by atoms with van der Waals surface area (Å²) in [6.07, 6.45) is 1.49. The van der Waals surface area contributed by atoms with Crippen LogP contribution in [0.15, 0.2) is 54.7 Å². The molecule has 0 aliphatic rings. The second kappa shape index (κ2) is 9.77. The number of nitrogens with one attached hydrogen (secondary N) is 1. The highest BCUT2D eigenvalue weighted by atomic mass is 16.5. The van der Waals surface area contributed by atoms with Crippen LogP contribution in [0.5, 0.6) is 17.2 Å². The van der Waals surface area contributed by atoms with Crippen molar-refractivity contribution < 1.29 is 23.8 Å². The fourth-order valence-corrected chi connectivity index (χ4v) is 2.82. The summed E-state index contributed by atoms with van der Waals surface area (Å²) in [7, 11) is 3.34. The van der Waals surface area contributed by atoms with Crippen molar-refractivity contribution in [2.24, 2.45) is 12.8 Å². The van der Waals surface area contributed by atoms with Gasteiger partial charge in [-0.05, 0) is 43.3 Å². The van der Waals surface area contributed by atoms with Crippen molar-refractivity contribution in [3.05, 3.63) is 65.9 Å². The molecule has 0 aliphatic heterocycles. The molecule has 2 aromatic carbocycles. The maximum atomic E-state index is 12.8. The Bertz CT molecular complexity index is 1060. The third-order valence-electron chi connectivity index (χ3n) is 4.21. The van der Waals surface area contributed by atoms with Crippen molar-refractivity contribution in [2.75, 3.05) is 19.0 Å². The molecule has 3 aromatic rings. The average Bonchev–Trinajstić information content (AvgIpc) is 3.13. The maximum absolute atomic E-state index is 12.8. The van der Waals surface area contributed by atoms with Crippen molar-refractivity contribution in [3.8, 4) is 17.2 Å². The molecule has 2 amide bonds. The second-order valence-electron chi connectivity index (χ2n) is 6.90. The highest BCUT2D eigenvalue weighted by molar-refractivity contribution is 6.04. The third-order valence-corrected chi connectivity index (χ3v) is 4.21. The number of ether oxygens (including phenoxy) is 3. The first kappa shape index (κ1) is 21.8. The molecular weight excluding hydrogens is 400 g/mol. The van der Waals surface area contributed by atoms with E-state index in [2.05, 4.69) is 10.4 Å². The molecule has 0 saturated carbocycles. The van der Waals surface area contributed by atoms with Gasteiger partial charge in [-0.2, -0.15) is 5.10 Å². The molecule has 9 heteroatoms.